The maximum atomic E-state index is 9.07. The zero-order chi connectivity index (χ0) is 9.14. The van der Waals surface area contributed by atoms with Crippen LogP contribution in [0.4, 0.5) is 5.69 Å². The van der Waals surface area contributed by atoms with E-state index in [1.165, 1.54) is 12.1 Å². The van der Waals surface area contributed by atoms with Gasteiger partial charge in [-0.25, -0.2) is 4.85 Å². The molecule has 0 aliphatic heterocycles. The number of nitrogens with zero attached hydrogens (tertiary/aromatic N) is 2. The van der Waals surface area contributed by atoms with Crippen molar-refractivity contribution in [1.82, 2.24) is 0 Å². The summed E-state index contributed by atoms with van der Waals surface area (Å²) in [5, 5.41) is 26.6. The first kappa shape index (κ1) is 9.80. The minimum atomic E-state index is -0.292. The monoisotopic (exact) mass is 427 g/mol. The van der Waals surface area contributed by atoms with E-state index < -0.39 is 0 Å². The van der Waals surface area contributed by atoms with Gasteiger partial charge in [-0.2, -0.15) is 5.26 Å². The van der Waals surface area contributed by atoms with Crippen molar-refractivity contribution in [3.8, 4) is 17.6 Å². The molecule has 1 aromatic rings. The largest absolute Gasteiger partial charge is 0.519 e. The van der Waals surface area contributed by atoms with Crippen LogP contribution < -0.4 is 0 Å². The molecule has 0 unspecified atom stereocenters. The fourth-order valence-corrected chi connectivity index (χ4v) is 0.793. The van der Waals surface area contributed by atoms with E-state index >= 15 is 0 Å². The molecule has 1 aromatic carbocycles. The molecule has 0 saturated heterocycles. The summed E-state index contributed by atoms with van der Waals surface area (Å²) >= 11 is 0. The molecule has 0 bridgehead atoms. The Bertz CT molecular complexity index is 365. The molecule has 0 saturated carbocycles. The van der Waals surface area contributed by atoms with Gasteiger partial charge in [0.05, 0.1) is 12.6 Å². The van der Waals surface area contributed by atoms with Gasteiger partial charge in [0.2, 0.25) is 5.69 Å². The van der Waals surface area contributed by atoms with Crippen LogP contribution in [-0.2, 0) is 0 Å². The second kappa shape index (κ2) is 3.27. The maximum absolute atomic E-state index is 9.07. The summed E-state index contributed by atoms with van der Waals surface area (Å²) in [4.78, 5) is 2.92. The van der Waals surface area contributed by atoms with Crippen LogP contribution in [0, 0.1) is 17.9 Å². The molecule has 5 heteroatoms. The van der Waals surface area contributed by atoms with Crippen LogP contribution in [0.15, 0.2) is 12.1 Å². The average Bonchev–Trinajstić information content (AvgIpc) is 2.08. The van der Waals surface area contributed by atoms with Gasteiger partial charge in [0, 0.05) is 0 Å². The zero-order valence-corrected chi connectivity index (χ0v) is 13.0. The van der Waals surface area contributed by atoms with Crippen LogP contribution in [-0.4, -0.2) is 10.2 Å². The topological polar surface area (TPSA) is 68.6 Å². The molecule has 0 fully saturated rings. The third kappa shape index (κ3) is 1.28. The molecule has 60 valence electrons. The molecule has 0 spiro atoms. The molecule has 0 radical (unpaired) electrons. The third-order valence-electron chi connectivity index (χ3n) is 1.36. The van der Waals surface area contributed by atoms with Crippen molar-refractivity contribution in [2.24, 2.45) is 0 Å². The summed E-state index contributed by atoms with van der Waals surface area (Å²) in [6, 6.07) is 3.97. The number of aromatic hydroxyl groups is 2. The smallest absolute Gasteiger partial charge is 0.248 e. The zero-order valence-electron chi connectivity index (χ0n) is 6.65. The quantitative estimate of drug-likeness (QED) is 0.488. The number of benzene rings is 1. The molecule has 0 heterocycles. The Balaban J connectivity index is 0.00000144. The normalized spacial score (nSPS) is 7.85. The van der Waals surface area contributed by atoms with Gasteiger partial charge in [-0.3, -0.25) is 0 Å². The average molecular weight is 427 g/mol. The minimum Gasteiger partial charge on any atom is -0.519 e. The fraction of sp³-hybridized carbons (Fsp3) is 0. The summed E-state index contributed by atoms with van der Waals surface area (Å²) in [5.74, 6) is -0.583. The van der Waals surface area contributed by atoms with E-state index in [0.29, 0.717) is 0 Å². The van der Waals surface area contributed by atoms with Crippen LogP contribution in [0.1, 0.15) is 5.56 Å². The first-order valence-electron chi connectivity index (χ1n) is 3.03. The van der Waals surface area contributed by atoms with Crippen LogP contribution in [0.2, 0.25) is 0 Å². The van der Waals surface area contributed by atoms with E-state index in [-0.39, 0.29) is 22.7 Å². The van der Waals surface area contributed by atoms with E-state index in [2.05, 4.69) is 4.85 Å². The van der Waals surface area contributed by atoms with Crippen molar-refractivity contribution < 1.29 is 10.2 Å². The van der Waals surface area contributed by atoms with Crippen molar-refractivity contribution in [1.29, 1.82) is 5.26 Å². The first-order valence-corrected chi connectivity index (χ1v) is 3.03. The predicted molar refractivity (Wildman–Crippen MR) is 40.7 cm³/mol. The number of rotatable bonds is 0. The molecule has 2 N–H and O–H groups in total. The Morgan fingerprint density at radius 3 is 2.23 bits per heavy atom. The summed E-state index contributed by atoms with van der Waals surface area (Å²) in [6.07, 6.45) is 0. The van der Waals surface area contributed by atoms with Gasteiger partial charge < -0.3 is 10.2 Å². The van der Waals surface area contributed by atoms with Gasteiger partial charge in [0.15, 0.2) is 0 Å². The first-order chi connectivity index (χ1) is 5.70. The number of phenols is 2. The van der Waals surface area contributed by atoms with Crippen LogP contribution in [0.3, 0.4) is 0 Å². The summed E-state index contributed by atoms with van der Waals surface area (Å²) in [7, 11) is 0. The molecule has 0 aliphatic rings. The van der Waals surface area contributed by atoms with Gasteiger partial charge in [-0.05, 0) is 12.1 Å². The SMILES string of the molecule is [C-]#[N+]c1c(O)ccc(O)c1C#N.[Rf]. The third-order valence-corrected chi connectivity index (χ3v) is 1.36. The predicted octanol–water partition coefficient (Wildman–Crippen LogP) is 1.52. The molecule has 4 nitrogen and oxygen atoms in total. The van der Waals surface area contributed by atoms with Crippen molar-refractivity contribution in [2.75, 3.05) is 0 Å². The van der Waals surface area contributed by atoms with Crippen molar-refractivity contribution >= 4 is 5.69 Å². The van der Waals surface area contributed by atoms with Crippen molar-refractivity contribution in [3.63, 3.8) is 0 Å². The summed E-state index contributed by atoms with van der Waals surface area (Å²) in [5.41, 5.74) is -0.400. The number of phenolic OH excluding ortho intramolecular Hbond substituents is 2. The second-order valence-electron chi connectivity index (χ2n) is 2.05. The van der Waals surface area contributed by atoms with E-state index in [4.69, 9.17) is 22.0 Å². The summed E-state index contributed by atoms with van der Waals surface area (Å²) < 4.78 is 0. The maximum Gasteiger partial charge on any atom is 0.248 e. The number of hydrogen-bond donors (Lipinski definition) is 2. The molecular formula is C8H4N2O2Rf. The van der Waals surface area contributed by atoms with Crippen molar-refractivity contribution in [2.45, 2.75) is 0 Å². The molecule has 13 heavy (non-hydrogen) atoms. The molecule has 0 aliphatic carbocycles. The molecular weight excluding hydrogens is 423 g/mol. The minimum absolute atomic E-state index is 0. The fourth-order valence-electron chi connectivity index (χ4n) is 0.793. The molecule has 1 rings (SSSR count). The van der Waals surface area contributed by atoms with Crippen LogP contribution in [0.5, 0.6) is 11.5 Å². The van der Waals surface area contributed by atoms with E-state index in [1.54, 1.807) is 6.07 Å². The van der Waals surface area contributed by atoms with E-state index in [0.717, 1.165) is 0 Å². The molecule has 0 aromatic heterocycles. The Morgan fingerprint density at radius 2 is 1.85 bits per heavy atom. The van der Waals surface area contributed by atoms with Gasteiger partial charge >= 0.3 is 0 Å². The van der Waals surface area contributed by atoms with Gasteiger partial charge in [0.25, 0.3) is 0 Å². The van der Waals surface area contributed by atoms with Crippen LogP contribution in [0.25, 0.3) is 4.85 Å². The van der Waals surface area contributed by atoms with Crippen molar-refractivity contribution in [3.05, 3.63) is 29.1 Å². The van der Waals surface area contributed by atoms with E-state index in [1.807, 2.05) is 0 Å². The van der Waals surface area contributed by atoms with Gasteiger partial charge in [-0.1, -0.05) is 0 Å². The van der Waals surface area contributed by atoms with Gasteiger partial charge in [-0.15, -0.1) is 0 Å². The Kier molecular flexibility index (Phi) is 2.46. The number of hydrogen-bond acceptors (Lipinski definition) is 3. The Hall–Kier alpha value is -3.20. The summed E-state index contributed by atoms with van der Waals surface area (Å²) in [6.45, 7) is 6.63. The second-order valence-corrected chi connectivity index (χ2v) is 2.05. The molecule has 0 atom stereocenters. The Labute approximate surface area is 68.7 Å². The number of nitriles is 1. The van der Waals surface area contributed by atoms with Crippen LogP contribution >= 0.6 is 0 Å². The standard InChI is InChI=1S/C8H4N2O2.Rf/c1-10-8-5(4-9)6(11)2-3-7(8)12;/h2-3,11-12H;. The Morgan fingerprint density at radius 1 is 1.31 bits per heavy atom. The molecule has 0 amide bonds. The van der Waals surface area contributed by atoms with E-state index in [9.17, 15) is 0 Å². The van der Waals surface area contributed by atoms with Gasteiger partial charge in [0.1, 0.15) is 17.1 Å².